The highest BCUT2D eigenvalue weighted by molar-refractivity contribution is 6.37. The van der Waals surface area contributed by atoms with Gasteiger partial charge in [-0.15, -0.1) is 0 Å². The van der Waals surface area contributed by atoms with Gasteiger partial charge in [-0.05, 0) is 13.0 Å². The van der Waals surface area contributed by atoms with E-state index in [1.54, 1.807) is 6.92 Å². The number of rotatable bonds is 7. The summed E-state index contributed by atoms with van der Waals surface area (Å²) in [4.78, 5) is 10.5. The Morgan fingerprint density at radius 1 is 1.38 bits per heavy atom. The molecule has 0 spiro atoms. The van der Waals surface area contributed by atoms with Gasteiger partial charge in [0.25, 0.3) is 0 Å². The molecular formula is C13H13Cl2F3N2O4. The van der Waals surface area contributed by atoms with Crippen LogP contribution in [0.25, 0.3) is 0 Å². The standard InChI is InChI=1S/C13H13Cl2F3N2O4/c1-2-24-10-4-9(7(14)3-8(10)15)20-19-6-12(23,5-11(21)22)13(16,17)18/h3-4,6,20,23H,2,5H2,1H3,(H,21,22)/b19-6-. The van der Waals surface area contributed by atoms with Crippen LogP contribution in [-0.4, -0.2) is 40.8 Å². The minimum atomic E-state index is -5.23. The molecule has 134 valence electrons. The maximum atomic E-state index is 12.8. The zero-order chi connectivity index (χ0) is 18.5. The third kappa shape index (κ3) is 5.15. The number of carbonyl (C=O) groups is 1. The molecule has 1 unspecified atom stereocenters. The van der Waals surface area contributed by atoms with Crippen LogP contribution in [0.3, 0.4) is 0 Å². The molecule has 0 radical (unpaired) electrons. The Balaban J connectivity index is 3.03. The molecule has 1 aromatic carbocycles. The number of aliphatic carboxylic acids is 1. The van der Waals surface area contributed by atoms with E-state index in [-0.39, 0.29) is 34.3 Å². The second-order valence-electron chi connectivity index (χ2n) is 4.56. The second kappa shape index (κ2) is 7.91. The topological polar surface area (TPSA) is 91.1 Å². The normalized spacial score (nSPS) is 14.5. The first-order valence-corrected chi connectivity index (χ1v) is 7.18. The van der Waals surface area contributed by atoms with Crippen LogP contribution < -0.4 is 10.2 Å². The van der Waals surface area contributed by atoms with Crippen molar-refractivity contribution in [1.82, 2.24) is 0 Å². The molecule has 1 atom stereocenters. The van der Waals surface area contributed by atoms with Gasteiger partial charge in [-0.1, -0.05) is 23.2 Å². The summed E-state index contributed by atoms with van der Waals surface area (Å²) in [6.07, 6.45) is -6.77. The van der Waals surface area contributed by atoms with Gasteiger partial charge in [-0.25, -0.2) is 0 Å². The quantitative estimate of drug-likeness (QED) is 0.490. The third-order valence-electron chi connectivity index (χ3n) is 2.70. The molecule has 24 heavy (non-hydrogen) atoms. The number of benzene rings is 1. The molecule has 0 amide bonds. The number of nitrogens with one attached hydrogen (secondary N) is 1. The van der Waals surface area contributed by atoms with Crippen LogP contribution in [0.2, 0.25) is 10.0 Å². The molecule has 0 heterocycles. The lowest BCUT2D eigenvalue weighted by Crippen LogP contribution is -2.48. The van der Waals surface area contributed by atoms with Crippen molar-refractivity contribution in [1.29, 1.82) is 0 Å². The Labute approximate surface area is 144 Å². The second-order valence-corrected chi connectivity index (χ2v) is 5.37. The van der Waals surface area contributed by atoms with E-state index in [0.29, 0.717) is 0 Å². The van der Waals surface area contributed by atoms with Gasteiger partial charge in [0.2, 0.25) is 5.60 Å². The largest absolute Gasteiger partial charge is 0.492 e. The van der Waals surface area contributed by atoms with Gasteiger partial charge in [-0.3, -0.25) is 10.2 Å². The van der Waals surface area contributed by atoms with Crippen molar-refractivity contribution in [3.8, 4) is 5.75 Å². The fraction of sp³-hybridized carbons (Fsp3) is 0.385. The number of anilines is 1. The molecule has 0 saturated carbocycles. The first kappa shape index (κ1) is 20.3. The molecule has 0 aromatic heterocycles. The smallest absolute Gasteiger partial charge is 0.423 e. The zero-order valence-electron chi connectivity index (χ0n) is 12.2. The van der Waals surface area contributed by atoms with E-state index in [2.05, 4.69) is 10.5 Å². The van der Waals surface area contributed by atoms with Gasteiger partial charge >= 0.3 is 12.1 Å². The maximum absolute atomic E-state index is 12.8. The van der Waals surface area contributed by atoms with Crippen LogP contribution in [0.5, 0.6) is 5.75 Å². The molecule has 1 aromatic rings. The monoisotopic (exact) mass is 388 g/mol. The third-order valence-corrected chi connectivity index (χ3v) is 3.30. The lowest BCUT2D eigenvalue weighted by molar-refractivity contribution is -0.232. The number of aliphatic hydroxyl groups is 1. The average Bonchev–Trinajstić information content (AvgIpc) is 2.41. The number of hydrogen-bond acceptors (Lipinski definition) is 5. The fourth-order valence-corrected chi connectivity index (χ4v) is 2.02. The molecule has 3 N–H and O–H groups in total. The molecular weight excluding hydrogens is 376 g/mol. The van der Waals surface area contributed by atoms with Crippen molar-refractivity contribution in [2.45, 2.75) is 25.1 Å². The van der Waals surface area contributed by atoms with Gasteiger partial charge < -0.3 is 14.9 Å². The summed E-state index contributed by atoms with van der Waals surface area (Å²) in [7, 11) is 0. The molecule has 6 nitrogen and oxygen atoms in total. The van der Waals surface area contributed by atoms with Gasteiger partial charge in [0.05, 0.1) is 35.0 Å². The summed E-state index contributed by atoms with van der Waals surface area (Å²) in [5, 5.41) is 21.4. The van der Waals surface area contributed by atoms with E-state index < -0.39 is 24.2 Å². The van der Waals surface area contributed by atoms with Crippen molar-refractivity contribution < 1.29 is 32.9 Å². The highest BCUT2D eigenvalue weighted by Gasteiger charge is 2.54. The van der Waals surface area contributed by atoms with Gasteiger partial charge in [0.1, 0.15) is 5.75 Å². The van der Waals surface area contributed by atoms with E-state index in [0.717, 1.165) is 0 Å². The highest BCUT2D eigenvalue weighted by atomic mass is 35.5. The predicted molar refractivity (Wildman–Crippen MR) is 83.0 cm³/mol. The van der Waals surface area contributed by atoms with E-state index in [9.17, 15) is 23.1 Å². The molecule has 0 aliphatic rings. The van der Waals surface area contributed by atoms with Gasteiger partial charge in [0, 0.05) is 6.07 Å². The molecule has 0 bridgehead atoms. The number of hydrazone groups is 1. The number of nitrogens with zero attached hydrogens (tertiary/aromatic N) is 1. The Morgan fingerprint density at radius 2 is 2.00 bits per heavy atom. The number of hydrogen-bond donors (Lipinski definition) is 3. The number of carboxylic acids is 1. The average molecular weight is 389 g/mol. The van der Waals surface area contributed by atoms with Gasteiger partial charge in [0.15, 0.2) is 0 Å². The van der Waals surface area contributed by atoms with E-state index in [4.69, 9.17) is 33.0 Å². The molecule has 0 aliphatic heterocycles. The SMILES string of the molecule is CCOc1cc(N/N=C\C(O)(CC(=O)O)C(F)(F)F)c(Cl)cc1Cl. The zero-order valence-corrected chi connectivity index (χ0v) is 13.7. The van der Waals surface area contributed by atoms with Crippen LogP contribution in [0.15, 0.2) is 17.2 Å². The van der Waals surface area contributed by atoms with E-state index in [1.807, 2.05) is 0 Å². The van der Waals surface area contributed by atoms with Crippen LogP contribution in [0, 0.1) is 0 Å². The van der Waals surface area contributed by atoms with Crippen molar-refractivity contribution in [3.05, 3.63) is 22.2 Å². The number of halogens is 5. The minimum Gasteiger partial charge on any atom is -0.492 e. The minimum absolute atomic E-state index is 0.0365. The summed E-state index contributed by atoms with van der Waals surface area (Å²) in [5.74, 6) is -1.62. The lowest BCUT2D eigenvalue weighted by atomic mass is 10.0. The molecule has 0 aliphatic carbocycles. The fourth-order valence-electron chi connectivity index (χ4n) is 1.54. The summed E-state index contributed by atoms with van der Waals surface area (Å²) >= 11 is 11.7. The van der Waals surface area contributed by atoms with Crippen molar-refractivity contribution >= 4 is 41.1 Å². The Kier molecular flexibility index (Phi) is 6.70. The van der Waals surface area contributed by atoms with Crippen molar-refractivity contribution in [3.63, 3.8) is 0 Å². The summed E-state index contributed by atoms with van der Waals surface area (Å²) in [6, 6.07) is 2.59. The van der Waals surface area contributed by atoms with E-state index >= 15 is 0 Å². The first-order chi connectivity index (χ1) is 11.0. The van der Waals surface area contributed by atoms with Crippen molar-refractivity contribution in [2.24, 2.45) is 5.10 Å². The molecule has 0 fully saturated rings. The summed E-state index contributed by atoms with van der Waals surface area (Å²) in [5.41, 5.74) is -1.39. The Bertz CT molecular complexity index is 640. The number of carboxylic acid groups (broad SMARTS) is 1. The summed E-state index contributed by atoms with van der Waals surface area (Å²) < 4.78 is 43.6. The number of ether oxygens (including phenoxy) is 1. The maximum Gasteiger partial charge on any atom is 0.423 e. The molecule has 1 rings (SSSR count). The first-order valence-electron chi connectivity index (χ1n) is 6.43. The van der Waals surface area contributed by atoms with Crippen LogP contribution in [-0.2, 0) is 4.79 Å². The van der Waals surface area contributed by atoms with Crippen LogP contribution >= 0.6 is 23.2 Å². The summed E-state index contributed by atoms with van der Waals surface area (Å²) in [6.45, 7) is 1.99. The highest BCUT2D eigenvalue weighted by Crippen LogP contribution is 2.35. The number of alkyl halides is 3. The van der Waals surface area contributed by atoms with Crippen molar-refractivity contribution in [2.75, 3.05) is 12.0 Å². The molecule has 11 heteroatoms. The lowest BCUT2D eigenvalue weighted by Gasteiger charge is -2.24. The predicted octanol–water partition coefficient (Wildman–Crippen LogP) is 3.56. The van der Waals surface area contributed by atoms with Crippen LogP contribution in [0.4, 0.5) is 18.9 Å². The van der Waals surface area contributed by atoms with Crippen LogP contribution in [0.1, 0.15) is 13.3 Å². The Morgan fingerprint density at radius 3 is 2.50 bits per heavy atom. The molecule has 0 saturated heterocycles. The van der Waals surface area contributed by atoms with E-state index in [1.165, 1.54) is 12.1 Å². The van der Waals surface area contributed by atoms with Gasteiger partial charge in [-0.2, -0.15) is 18.3 Å². The Hall–Kier alpha value is -1.71.